The molecule has 1 amide bonds. The van der Waals surface area contributed by atoms with Gasteiger partial charge in [0.05, 0.1) is 12.1 Å². The van der Waals surface area contributed by atoms with Gasteiger partial charge in [-0.15, -0.1) is 11.3 Å². The summed E-state index contributed by atoms with van der Waals surface area (Å²) in [6.45, 7) is 1.91. The quantitative estimate of drug-likeness (QED) is 0.753. The number of nitrogens with one attached hydrogen (secondary N) is 1. The van der Waals surface area contributed by atoms with Gasteiger partial charge >= 0.3 is 0 Å². The van der Waals surface area contributed by atoms with Crippen molar-refractivity contribution in [3.63, 3.8) is 0 Å². The van der Waals surface area contributed by atoms with Crippen molar-refractivity contribution in [3.8, 4) is 11.3 Å². The second-order valence-electron chi connectivity index (χ2n) is 5.29. The molecule has 1 aromatic heterocycles. The summed E-state index contributed by atoms with van der Waals surface area (Å²) in [7, 11) is 0. The largest absolute Gasteiger partial charge is 0.325 e. The standard InChI is InChI=1S/C18H14F2N2OS/c1-11-4-2-3-5-15(11)21-17(23)9-18-22-16(10-24-18)13-8-12(19)6-7-14(13)20/h2-8,10H,9H2,1H3,(H,21,23). The van der Waals surface area contributed by atoms with E-state index in [2.05, 4.69) is 10.3 Å². The van der Waals surface area contributed by atoms with Gasteiger partial charge in [-0.3, -0.25) is 4.79 Å². The lowest BCUT2D eigenvalue weighted by atomic mass is 10.1. The molecule has 0 aliphatic carbocycles. The number of carbonyl (C=O) groups excluding carboxylic acids is 1. The zero-order valence-electron chi connectivity index (χ0n) is 12.8. The Bertz CT molecular complexity index is 892. The lowest BCUT2D eigenvalue weighted by molar-refractivity contribution is -0.115. The zero-order chi connectivity index (χ0) is 17.1. The summed E-state index contributed by atoms with van der Waals surface area (Å²) in [5.41, 5.74) is 2.13. The third kappa shape index (κ3) is 3.65. The van der Waals surface area contributed by atoms with E-state index in [0.29, 0.717) is 10.7 Å². The van der Waals surface area contributed by atoms with E-state index in [-0.39, 0.29) is 17.9 Å². The molecule has 0 radical (unpaired) electrons. The van der Waals surface area contributed by atoms with Crippen LogP contribution in [-0.2, 0) is 11.2 Å². The zero-order valence-corrected chi connectivity index (χ0v) is 13.7. The monoisotopic (exact) mass is 344 g/mol. The molecule has 1 heterocycles. The second kappa shape index (κ2) is 6.88. The first-order valence-corrected chi connectivity index (χ1v) is 8.16. The number of nitrogens with zero attached hydrogens (tertiary/aromatic N) is 1. The number of carbonyl (C=O) groups is 1. The molecule has 0 spiro atoms. The summed E-state index contributed by atoms with van der Waals surface area (Å²) in [5, 5.41) is 4.98. The van der Waals surface area contributed by atoms with Crippen molar-refractivity contribution in [1.29, 1.82) is 0 Å². The summed E-state index contributed by atoms with van der Waals surface area (Å²) in [6, 6.07) is 10.7. The van der Waals surface area contributed by atoms with E-state index in [1.165, 1.54) is 11.3 Å². The van der Waals surface area contributed by atoms with E-state index in [1.54, 1.807) is 5.38 Å². The van der Waals surface area contributed by atoms with Gasteiger partial charge in [0.25, 0.3) is 0 Å². The minimum absolute atomic E-state index is 0.0793. The minimum Gasteiger partial charge on any atom is -0.325 e. The number of aryl methyl sites for hydroxylation is 1. The van der Waals surface area contributed by atoms with Gasteiger partial charge in [-0.2, -0.15) is 0 Å². The lowest BCUT2D eigenvalue weighted by Crippen LogP contribution is -2.14. The highest BCUT2D eigenvalue weighted by Gasteiger charge is 2.13. The molecule has 6 heteroatoms. The number of hydrogen-bond acceptors (Lipinski definition) is 3. The van der Waals surface area contributed by atoms with Crippen LogP contribution in [0.25, 0.3) is 11.3 Å². The maximum Gasteiger partial charge on any atom is 0.231 e. The predicted molar refractivity (Wildman–Crippen MR) is 91.0 cm³/mol. The first-order valence-electron chi connectivity index (χ1n) is 7.28. The van der Waals surface area contributed by atoms with Crippen molar-refractivity contribution in [2.45, 2.75) is 13.3 Å². The van der Waals surface area contributed by atoms with E-state index in [9.17, 15) is 13.6 Å². The Morgan fingerprint density at radius 3 is 2.79 bits per heavy atom. The number of amides is 1. The first kappa shape index (κ1) is 16.3. The van der Waals surface area contributed by atoms with Crippen LogP contribution in [-0.4, -0.2) is 10.9 Å². The van der Waals surface area contributed by atoms with Crippen LogP contribution in [0.4, 0.5) is 14.5 Å². The van der Waals surface area contributed by atoms with Crippen LogP contribution < -0.4 is 5.32 Å². The van der Waals surface area contributed by atoms with Gasteiger partial charge in [0.2, 0.25) is 5.91 Å². The first-order chi connectivity index (χ1) is 11.5. The number of halogens is 2. The fourth-order valence-electron chi connectivity index (χ4n) is 2.25. The third-order valence-electron chi connectivity index (χ3n) is 3.49. The minimum atomic E-state index is -0.544. The van der Waals surface area contributed by atoms with E-state index < -0.39 is 11.6 Å². The highest BCUT2D eigenvalue weighted by Crippen LogP contribution is 2.26. The molecule has 0 aliphatic heterocycles. The van der Waals surface area contributed by atoms with Crippen LogP contribution in [0.3, 0.4) is 0 Å². The SMILES string of the molecule is Cc1ccccc1NC(=O)Cc1nc(-c2cc(F)ccc2F)cs1. The summed E-state index contributed by atoms with van der Waals surface area (Å²) in [4.78, 5) is 16.4. The maximum absolute atomic E-state index is 13.8. The van der Waals surface area contributed by atoms with Crippen molar-refractivity contribution in [3.05, 3.63) is 70.1 Å². The van der Waals surface area contributed by atoms with Gasteiger partial charge < -0.3 is 5.32 Å². The molecule has 2 aromatic carbocycles. The van der Waals surface area contributed by atoms with Gasteiger partial charge in [0.1, 0.15) is 16.6 Å². The smallest absolute Gasteiger partial charge is 0.231 e. The van der Waals surface area contributed by atoms with E-state index >= 15 is 0 Å². The molecule has 3 rings (SSSR count). The van der Waals surface area contributed by atoms with Gasteiger partial charge in [0.15, 0.2) is 0 Å². The van der Waals surface area contributed by atoms with Crippen LogP contribution in [0.15, 0.2) is 47.8 Å². The Kier molecular flexibility index (Phi) is 4.66. The Hall–Kier alpha value is -2.60. The molecule has 0 saturated carbocycles. The highest BCUT2D eigenvalue weighted by molar-refractivity contribution is 7.10. The molecule has 122 valence electrons. The van der Waals surface area contributed by atoms with Crippen LogP contribution in [0.5, 0.6) is 0 Å². The van der Waals surface area contributed by atoms with Gasteiger partial charge in [-0.25, -0.2) is 13.8 Å². The number of rotatable bonds is 4. The van der Waals surface area contributed by atoms with Crippen molar-refractivity contribution in [2.24, 2.45) is 0 Å². The van der Waals surface area contributed by atoms with Crippen LogP contribution in [0.1, 0.15) is 10.6 Å². The van der Waals surface area contributed by atoms with Crippen LogP contribution >= 0.6 is 11.3 Å². The third-order valence-corrected chi connectivity index (χ3v) is 4.34. The van der Waals surface area contributed by atoms with Crippen molar-refractivity contribution in [2.75, 3.05) is 5.32 Å². The Morgan fingerprint density at radius 2 is 2.00 bits per heavy atom. The van der Waals surface area contributed by atoms with E-state index in [0.717, 1.165) is 29.4 Å². The molecular formula is C18H14F2N2OS. The molecule has 0 saturated heterocycles. The fraction of sp³-hybridized carbons (Fsp3) is 0.111. The molecule has 0 aliphatic rings. The number of aromatic nitrogens is 1. The molecule has 3 aromatic rings. The number of thiazole rings is 1. The summed E-state index contributed by atoms with van der Waals surface area (Å²) >= 11 is 1.24. The number of para-hydroxylation sites is 1. The molecule has 3 nitrogen and oxygen atoms in total. The normalized spacial score (nSPS) is 10.6. The summed E-state index contributed by atoms with van der Waals surface area (Å²) in [6.07, 6.45) is 0.0793. The fourth-order valence-corrected chi connectivity index (χ4v) is 3.05. The Labute approximate surface area is 142 Å². The number of anilines is 1. The Morgan fingerprint density at radius 1 is 1.21 bits per heavy atom. The van der Waals surface area contributed by atoms with E-state index in [1.807, 2.05) is 31.2 Å². The van der Waals surface area contributed by atoms with Crippen molar-refractivity contribution >= 4 is 22.9 Å². The lowest BCUT2D eigenvalue weighted by Gasteiger charge is -2.06. The highest BCUT2D eigenvalue weighted by atomic mass is 32.1. The second-order valence-corrected chi connectivity index (χ2v) is 6.23. The van der Waals surface area contributed by atoms with Gasteiger partial charge in [0, 0.05) is 16.6 Å². The van der Waals surface area contributed by atoms with Crippen molar-refractivity contribution in [1.82, 2.24) is 4.98 Å². The molecule has 0 fully saturated rings. The molecular weight excluding hydrogens is 330 g/mol. The predicted octanol–water partition coefficient (Wildman–Crippen LogP) is 4.58. The van der Waals surface area contributed by atoms with Gasteiger partial charge in [-0.05, 0) is 36.8 Å². The Balaban J connectivity index is 1.73. The van der Waals surface area contributed by atoms with Crippen LogP contribution in [0.2, 0.25) is 0 Å². The number of hydrogen-bond donors (Lipinski definition) is 1. The van der Waals surface area contributed by atoms with Crippen molar-refractivity contribution < 1.29 is 13.6 Å². The van der Waals surface area contributed by atoms with Crippen LogP contribution in [0, 0.1) is 18.6 Å². The summed E-state index contributed by atoms with van der Waals surface area (Å²) in [5.74, 6) is -1.28. The molecule has 1 N–H and O–H groups in total. The average molecular weight is 344 g/mol. The van der Waals surface area contributed by atoms with E-state index in [4.69, 9.17) is 0 Å². The number of benzene rings is 2. The average Bonchev–Trinajstić information content (AvgIpc) is 3.00. The molecule has 0 unspecified atom stereocenters. The molecule has 0 atom stereocenters. The van der Waals surface area contributed by atoms with Gasteiger partial charge in [-0.1, -0.05) is 18.2 Å². The molecule has 0 bridgehead atoms. The summed E-state index contributed by atoms with van der Waals surface area (Å²) < 4.78 is 27.1. The maximum atomic E-state index is 13.8. The molecule has 24 heavy (non-hydrogen) atoms. The topological polar surface area (TPSA) is 42.0 Å².